The Kier molecular flexibility index (Phi) is 3.34. The average Bonchev–Trinajstić information content (AvgIpc) is 3.08. The molecule has 2 atom stereocenters. The number of aliphatic carboxylic acids is 1. The highest BCUT2D eigenvalue weighted by molar-refractivity contribution is 6.00. The van der Waals surface area contributed by atoms with Crippen LogP contribution in [0.4, 0.5) is 11.4 Å². The molecule has 2 N–H and O–H groups in total. The molecule has 5 nitrogen and oxygen atoms in total. The lowest BCUT2D eigenvalue weighted by atomic mass is 10.2. The van der Waals surface area contributed by atoms with Crippen molar-refractivity contribution in [2.75, 3.05) is 23.3 Å². The minimum atomic E-state index is -0.877. The van der Waals surface area contributed by atoms with Gasteiger partial charge in [-0.1, -0.05) is 12.1 Å². The summed E-state index contributed by atoms with van der Waals surface area (Å²) < 4.78 is 0. The molecule has 20 heavy (non-hydrogen) atoms. The van der Waals surface area contributed by atoms with Crippen molar-refractivity contribution in [2.24, 2.45) is 11.8 Å². The van der Waals surface area contributed by atoms with Crippen LogP contribution in [0.5, 0.6) is 0 Å². The summed E-state index contributed by atoms with van der Waals surface area (Å²) in [4.78, 5) is 25.1. The average molecular weight is 274 g/mol. The van der Waals surface area contributed by atoms with Crippen LogP contribution in [0, 0.1) is 11.8 Å². The Hall–Kier alpha value is -2.04. The zero-order valence-electron chi connectivity index (χ0n) is 11.2. The number of benzene rings is 1. The lowest BCUT2D eigenvalue weighted by molar-refractivity contribution is -0.139. The van der Waals surface area contributed by atoms with Crippen molar-refractivity contribution in [3.05, 3.63) is 24.3 Å². The molecule has 2 aliphatic rings. The van der Waals surface area contributed by atoms with Crippen molar-refractivity contribution in [1.29, 1.82) is 0 Å². The van der Waals surface area contributed by atoms with Crippen LogP contribution < -0.4 is 10.2 Å². The first-order chi connectivity index (χ1) is 9.66. The van der Waals surface area contributed by atoms with Crippen molar-refractivity contribution < 1.29 is 14.7 Å². The number of nitrogens with one attached hydrogen (secondary N) is 1. The van der Waals surface area contributed by atoms with E-state index in [1.807, 2.05) is 24.3 Å². The van der Waals surface area contributed by atoms with Crippen molar-refractivity contribution in [2.45, 2.75) is 19.3 Å². The van der Waals surface area contributed by atoms with E-state index in [-0.39, 0.29) is 11.8 Å². The molecule has 3 rings (SSSR count). The summed E-state index contributed by atoms with van der Waals surface area (Å²) >= 11 is 0. The van der Waals surface area contributed by atoms with Gasteiger partial charge in [-0.2, -0.15) is 0 Å². The summed E-state index contributed by atoms with van der Waals surface area (Å²) in [6.45, 7) is 2.02. The van der Waals surface area contributed by atoms with Gasteiger partial charge in [0.1, 0.15) is 0 Å². The molecule has 2 fully saturated rings. The lowest BCUT2D eigenvalue weighted by Crippen LogP contribution is -2.22. The fourth-order valence-electron chi connectivity index (χ4n) is 2.80. The number of carbonyl (C=O) groups excluding carboxylic acids is 1. The molecule has 1 aromatic rings. The van der Waals surface area contributed by atoms with Crippen molar-refractivity contribution in [1.82, 2.24) is 0 Å². The highest BCUT2D eigenvalue weighted by Gasteiger charge is 2.48. The molecule has 1 heterocycles. The second-order valence-corrected chi connectivity index (χ2v) is 5.49. The molecule has 1 aliphatic carbocycles. The third-order valence-corrected chi connectivity index (χ3v) is 4.05. The van der Waals surface area contributed by atoms with Crippen LogP contribution >= 0.6 is 0 Å². The molecule has 0 radical (unpaired) electrons. The van der Waals surface area contributed by atoms with E-state index >= 15 is 0 Å². The molecule has 1 aromatic carbocycles. The Morgan fingerprint density at radius 1 is 1.15 bits per heavy atom. The van der Waals surface area contributed by atoms with E-state index < -0.39 is 11.9 Å². The van der Waals surface area contributed by atoms with Crippen LogP contribution in [0.15, 0.2) is 24.3 Å². The number of carboxylic acids is 1. The van der Waals surface area contributed by atoms with E-state index in [0.717, 1.165) is 24.5 Å². The molecule has 0 aromatic heterocycles. The zero-order valence-corrected chi connectivity index (χ0v) is 11.2. The van der Waals surface area contributed by atoms with Gasteiger partial charge in [0.2, 0.25) is 5.91 Å². The van der Waals surface area contributed by atoms with Gasteiger partial charge in [-0.25, -0.2) is 0 Å². The fourth-order valence-corrected chi connectivity index (χ4v) is 2.80. The summed E-state index contributed by atoms with van der Waals surface area (Å²) in [5.74, 6) is -1.94. The van der Waals surface area contributed by atoms with Crippen LogP contribution in [0.3, 0.4) is 0 Å². The molecule has 1 aliphatic heterocycles. The van der Waals surface area contributed by atoms with Gasteiger partial charge in [0.15, 0.2) is 0 Å². The fraction of sp³-hybridized carbons (Fsp3) is 0.467. The number of anilines is 2. The van der Waals surface area contributed by atoms with Crippen LogP contribution in [0.1, 0.15) is 19.3 Å². The van der Waals surface area contributed by atoms with Gasteiger partial charge in [-0.3, -0.25) is 9.59 Å². The molecule has 1 amide bonds. The predicted octanol–water partition coefficient (Wildman–Crippen LogP) is 1.95. The van der Waals surface area contributed by atoms with Crippen LogP contribution in [0.25, 0.3) is 0 Å². The number of nitrogens with zero attached hydrogens (tertiary/aromatic N) is 1. The van der Waals surface area contributed by atoms with Crippen molar-refractivity contribution in [3.63, 3.8) is 0 Å². The van der Waals surface area contributed by atoms with Crippen molar-refractivity contribution in [3.8, 4) is 0 Å². The number of para-hydroxylation sites is 2. The number of carbonyl (C=O) groups is 2. The highest BCUT2D eigenvalue weighted by Crippen LogP contribution is 2.40. The molecule has 0 bridgehead atoms. The summed E-state index contributed by atoms with van der Waals surface area (Å²) in [5.41, 5.74) is 1.82. The van der Waals surface area contributed by atoms with Crippen molar-refractivity contribution >= 4 is 23.3 Å². The molecular weight excluding hydrogens is 256 g/mol. The molecule has 0 unspecified atom stereocenters. The maximum absolute atomic E-state index is 12.1. The van der Waals surface area contributed by atoms with E-state index in [2.05, 4.69) is 10.2 Å². The first kappa shape index (κ1) is 13.0. The van der Waals surface area contributed by atoms with E-state index in [1.54, 1.807) is 0 Å². The molecule has 0 spiro atoms. The number of hydrogen-bond acceptors (Lipinski definition) is 3. The lowest BCUT2D eigenvalue weighted by Gasteiger charge is -2.21. The maximum Gasteiger partial charge on any atom is 0.307 e. The van der Waals surface area contributed by atoms with Crippen LogP contribution in [0.2, 0.25) is 0 Å². The SMILES string of the molecule is O=C(O)[C@H]1C[C@H]1C(=O)Nc1ccccc1N1CCCC1. The third-order valence-electron chi connectivity index (χ3n) is 4.05. The highest BCUT2D eigenvalue weighted by atomic mass is 16.4. The second-order valence-electron chi connectivity index (χ2n) is 5.49. The van der Waals surface area contributed by atoms with E-state index in [1.165, 1.54) is 12.8 Å². The molecule has 5 heteroatoms. The zero-order chi connectivity index (χ0) is 14.1. The Bertz CT molecular complexity index is 538. The van der Waals surface area contributed by atoms with Gasteiger partial charge in [-0.15, -0.1) is 0 Å². The van der Waals surface area contributed by atoms with Gasteiger partial charge in [0.05, 0.1) is 23.2 Å². The summed E-state index contributed by atoms with van der Waals surface area (Å²) in [6, 6.07) is 7.73. The topological polar surface area (TPSA) is 69.6 Å². The van der Waals surface area contributed by atoms with E-state index in [9.17, 15) is 9.59 Å². The first-order valence-corrected chi connectivity index (χ1v) is 7.04. The summed E-state index contributed by atoms with van der Waals surface area (Å²) in [6.07, 6.45) is 2.80. The molecule has 1 saturated heterocycles. The van der Waals surface area contributed by atoms with Gasteiger partial charge >= 0.3 is 5.97 Å². The normalized spacial score (nSPS) is 24.5. The molecule has 1 saturated carbocycles. The summed E-state index contributed by atoms with van der Waals surface area (Å²) in [7, 11) is 0. The second kappa shape index (κ2) is 5.15. The minimum absolute atomic E-state index is 0.177. The van der Waals surface area contributed by atoms with Gasteiger partial charge in [0.25, 0.3) is 0 Å². The first-order valence-electron chi connectivity index (χ1n) is 7.04. The minimum Gasteiger partial charge on any atom is -0.481 e. The Morgan fingerprint density at radius 3 is 2.50 bits per heavy atom. The van der Waals surface area contributed by atoms with Gasteiger partial charge < -0.3 is 15.3 Å². The van der Waals surface area contributed by atoms with Crippen LogP contribution in [-0.4, -0.2) is 30.1 Å². The maximum atomic E-state index is 12.1. The standard InChI is InChI=1S/C15H18N2O3/c18-14(10-9-11(10)15(19)20)16-12-5-1-2-6-13(12)17-7-3-4-8-17/h1-2,5-6,10-11H,3-4,7-9H2,(H,16,18)(H,19,20)/t10-,11+/m1/s1. The molecular formula is C15H18N2O3. The third kappa shape index (κ3) is 2.48. The number of rotatable bonds is 4. The largest absolute Gasteiger partial charge is 0.481 e. The Balaban J connectivity index is 1.71. The predicted molar refractivity (Wildman–Crippen MR) is 75.8 cm³/mol. The van der Waals surface area contributed by atoms with Gasteiger partial charge in [0, 0.05) is 13.1 Å². The van der Waals surface area contributed by atoms with E-state index in [4.69, 9.17) is 5.11 Å². The number of amides is 1. The number of carboxylic acid groups (broad SMARTS) is 1. The van der Waals surface area contributed by atoms with Gasteiger partial charge in [-0.05, 0) is 31.4 Å². The Labute approximate surface area is 117 Å². The smallest absolute Gasteiger partial charge is 0.307 e. The summed E-state index contributed by atoms with van der Waals surface area (Å²) in [5, 5.41) is 11.8. The Morgan fingerprint density at radius 2 is 1.85 bits per heavy atom. The van der Waals surface area contributed by atoms with E-state index in [0.29, 0.717) is 6.42 Å². The quantitative estimate of drug-likeness (QED) is 0.880. The molecule has 106 valence electrons. The monoisotopic (exact) mass is 274 g/mol. The van der Waals surface area contributed by atoms with Crippen LogP contribution in [-0.2, 0) is 9.59 Å². The number of hydrogen-bond donors (Lipinski definition) is 2.